The van der Waals surface area contributed by atoms with Crippen molar-refractivity contribution in [3.05, 3.63) is 23.8 Å². The van der Waals surface area contributed by atoms with E-state index in [1.165, 1.54) is 0 Å². The van der Waals surface area contributed by atoms with Crippen LogP contribution in [-0.2, 0) is 26.2 Å². The van der Waals surface area contributed by atoms with Crippen LogP contribution in [0.4, 0.5) is 13.2 Å². The normalized spacial score (nSPS) is 12.7. The van der Waals surface area contributed by atoms with Crippen molar-refractivity contribution in [2.24, 2.45) is 0 Å². The van der Waals surface area contributed by atoms with Crippen molar-refractivity contribution < 1.29 is 39.4 Å². The molecule has 0 amide bonds. The largest absolute Gasteiger partial charge is 0.348 e. The van der Waals surface area contributed by atoms with Gasteiger partial charge in [0.15, 0.2) is 0 Å². The first kappa shape index (κ1) is 23.5. The Morgan fingerprint density at radius 2 is 1.69 bits per heavy atom. The first-order valence-corrected chi connectivity index (χ1v) is 2.44. The molecule has 0 bridgehead atoms. The van der Waals surface area contributed by atoms with Crippen molar-refractivity contribution in [3.63, 3.8) is 0 Å². The molecule has 0 nitrogen and oxygen atoms in total. The molecular formula is C7H10Cl2F3Zr-. The Hall–Kier alpha value is 0.733. The van der Waals surface area contributed by atoms with Crippen molar-refractivity contribution in [1.82, 2.24) is 0 Å². The van der Waals surface area contributed by atoms with Crippen molar-refractivity contribution in [2.45, 2.75) is 20.0 Å². The fourth-order valence-corrected chi connectivity index (χ4v) is 0.594. The third-order valence-corrected chi connectivity index (χ3v) is 1.02. The number of hydrogen-bond donors (Lipinski definition) is 0. The summed E-state index contributed by atoms with van der Waals surface area (Å²) in [6.45, 7) is 0. The molecule has 0 aromatic heterocycles. The number of allylic oxidation sites excluding steroid dienone is 4. The van der Waals surface area contributed by atoms with Gasteiger partial charge in [-0.3, -0.25) is 6.08 Å². The fourth-order valence-electron chi connectivity index (χ4n) is 0.594. The average molecular weight is 313 g/mol. The van der Waals surface area contributed by atoms with E-state index in [4.69, 9.17) is 0 Å². The molecule has 78 valence electrons. The van der Waals surface area contributed by atoms with Gasteiger partial charge in [0.05, 0.1) is 0 Å². The third kappa shape index (κ3) is 7.78. The predicted octanol–water partition coefficient (Wildman–Crippen LogP) is 3.72. The number of alkyl halides is 3. The number of halogens is 5. The standard InChI is InChI=1S/C6H4F3.CH4.2ClH.Zr/c7-6(8,9)5-3-1-2-4-5;;;;/h3-4H,1H2;1H4;2*1H;/q-1;;;;. The van der Waals surface area contributed by atoms with E-state index < -0.39 is 11.7 Å². The van der Waals surface area contributed by atoms with Crippen LogP contribution < -0.4 is 0 Å². The number of rotatable bonds is 0. The summed E-state index contributed by atoms with van der Waals surface area (Å²) in [5.41, 5.74) is -0.581. The molecule has 0 spiro atoms. The molecule has 0 heterocycles. The van der Waals surface area contributed by atoms with Crippen LogP contribution in [0.2, 0.25) is 0 Å². The Bertz CT molecular complexity index is 175. The summed E-state index contributed by atoms with van der Waals surface area (Å²) >= 11 is 0. The Balaban J connectivity index is -0.000000101. The van der Waals surface area contributed by atoms with Gasteiger partial charge in [-0.25, -0.2) is 6.08 Å². The van der Waals surface area contributed by atoms with Gasteiger partial charge in [-0.15, -0.1) is 36.8 Å². The van der Waals surface area contributed by atoms with E-state index in [1.54, 1.807) is 0 Å². The summed E-state index contributed by atoms with van der Waals surface area (Å²) in [5, 5.41) is 0. The van der Waals surface area contributed by atoms with Gasteiger partial charge in [-0.05, 0) is 0 Å². The molecule has 0 atom stereocenters. The van der Waals surface area contributed by atoms with Gasteiger partial charge in [0.25, 0.3) is 0 Å². The molecule has 13 heavy (non-hydrogen) atoms. The minimum Gasteiger partial charge on any atom is -0.272 e. The molecule has 0 aromatic rings. The molecule has 0 saturated carbocycles. The van der Waals surface area contributed by atoms with Crippen LogP contribution in [0.3, 0.4) is 0 Å². The van der Waals surface area contributed by atoms with E-state index in [0.717, 1.165) is 12.2 Å². The second-order valence-electron chi connectivity index (χ2n) is 1.71. The van der Waals surface area contributed by atoms with Gasteiger partial charge in [0, 0.05) is 26.2 Å². The average Bonchev–Trinajstić information content (AvgIpc) is 2.08. The molecule has 0 aliphatic heterocycles. The zero-order valence-corrected chi connectivity index (χ0v) is 9.90. The molecular weight excluding hydrogens is 303 g/mol. The summed E-state index contributed by atoms with van der Waals surface area (Å²) in [5.74, 6) is 0. The molecule has 1 aliphatic carbocycles. The topological polar surface area (TPSA) is 0 Å². The molecule has 0 N–H and O–H groups in total. The zero-order valence-electron chi connectivity index (χ0n) is 5.81. The summed E-state index contributed by atoms with van der Waals surface area (Å²) in [6.07, 6.45) is 0.634. The first-order chi connectivity index (χ1) is 4.11. The van der Waals surface area contributed by atoms with E-state index in [0.29, 0.717) is 0 Å². The summed E-state index contributed by atoms with van der Waals surface area (Å²) in [4.78, 5) is 0. The summed E-state index contributed by atoms with van der Waals surface area (Å²) in [7, 11) is 0. The maximum Gasteiger partial charge on any atom is 0.348 e. The quantitative estimate of drug-likeness (QED) is 0.598. The van der Waals surface area contributed by atoms with E-state index in [-0.39, 0.29) is 64.9 Å². The molecule has 1 aliphatic rings. The van der Waals surface area contributed by atoms with Gasteiger partial charge in [0.2, 0.25) is 0 Å². The second-order valence-corrected chi connectivity index (χ2v) is 1.71. The maximum absolute atomic E-state index is 11.6. The van der Waals surface area contributed by atoms with Crippen LogP contribution in [0.25, 0.3) is 0 Å². The third-order valence-electron chi connectivity index (χ3n) is 1.02. The summed E-state index contributed by atoms with van der Waals surface area (Å²) in [6, 6.07) is 0. The Morgan fingerprint density at radius 1 is 1.23 bits per heavy atom. The van der Waals surface area contributed by atoms with Crippen molar-refractivity contribution in [2.75, 3.05) is 0 Å². The monoisotopic (exact) mass is 311 g/mol. The van der Waals surface area contributed by atoms with Gasteiger partial charge < -0.3 is 0 Å². The van der Waals surface area contributed by atoms with Crippen LogP contribution >= 0.6 is 24.8 Å². The predicted molar refractivity (Wildman–Crippen MR) is 47.8 cm³/mol. The minimum absolute atomic E-state index is 0. The van der Waals surface area contributed by atoms with Crippen molar-refractivity contribution in [3.8, 4) is 0 Å². The van der Waals surface area contributed by atoms with E-state index in [9.17, 15) is 13.2 Å². The summed E-state index contributed by atoms with van der Waals surface area (Å²) < 4.78 is 34.9. The Morgan fingerprint density at radius 3 is 1.85 bits per heavy atom. The fraction of sp³-hybridized carbons (Fsp3) is 0.429. The van der Waals surface area contributed by atoms with E-state index in [1.807, 2.05) is 0 Å². The van der Waals surface area contributed by atoms with Gasteiger partial charge in [-0.1, -0.05) is 7.43 Å². The van der Waals surface area contributed by atoms with Crippen LogP contribution in [0.1, 0.15) is 13.8 Å². The first-order valence-electron chi connectivity index (χ1n) is 2.44. The molecule has 0 fully saturated rings. The molecule has 1 rings (SSSR count). The van der Waals surface area contributed by atoms with E-state index in [2.05, 4.69) is 6.08 Å². The van der Waals surface area contributed by atoms with Gasteiger partial charge in [-0.2, -0.15) is 19.2 Å². The Kier molecular flexibility index (Phi) is 16.8. The molecule has 0 aromatic carbocycles. The maximum atomic E-state index is 11.6. The van der Waals surface area contributed by atoms with Crippen LogP contribution in [0, 0.1) is 6.08 Å². The smallest absolute Gasteiger partial charge is 0.272 e. The van der Waals surface area contributed by atoms with Crippen LogP contribution in [0.5, 0.6) is 0 Å². The van der Waals surface area contributed by atoms with Crippen LogP contribution in [0.15, 0.2) is 17.7 Å². The molecule has 0 saturated heterocycles. The van der Waals surface area contributed by atoms with E-state index >= 15 is 0 Å². The molecule has 6 heteroatoms. The van der Waals surface area contributed by atoms with Gasteiger partial charge in [0.1, 0.15) is 0 Å². The second kappa shape index (κ2) is 9.29. The van der Waals surface area contributed by atoms with Crippen LogP contribution in [-0.4, -0.2) is 6.18 Å². The molecule has 0 radical (unpaired) electrons. The van der Waals surface area contributed by atoms with Gasteiger partial charge >= 0.3 is 6.18 Å². The minimum atomic E-state index is -4.18. The Labute approximate surface area is 108 Å². The molecule has 0 unspecified atom stereocenters. The number of hydrogen-bond acceptors (Lipinski definition) is 0. The van der Waals surface area contributed by atoms with Crippen molar-refractivity contribution >= 4 is 24.8 Å². The zero-order chi connectivity index (χ0) is 6.91. The SMILES string of the molecule is C.Cl.Cl.FC(F)(F)C1=CC[C-]=C1.[Zr]. The van der Waals surface area contributed by atoms with Crippen molar-refractivity contribution in [1.29, 1.82) is 0 Å².